The van der Waals surface area contributed by atoms with E-state index in [0.29, 0.717) is 11.5 Å². The standard InChI is InChI=1S/C52H87N19O19S2/c53-14-25-38(78)40(80)34(59)48(85-25)88-43-24(56)13-23(55)37(77)45(43)90-50-42(82)44(89-49-35(60)41(81)39(79)26(15-54)86-49)27(87-50)20-91-11-3-1-2-4-12-92-21-31(74)63-7-10-69(32(75)18-70-8-5-28(57)65-52(70)84)17-30(73)62-6-9-68(16-29(58)72)33(76)19-71-22-64-36-46(71)66-51(61)67-47(36)83/h5,8,22-27,34-35,37-45,48-50,77-82H,1-4,6-7,9-21,53-56,59-60H2,(H2,58,72)(H,62,73)(H,63,74)(H2,57,65,84)(H3,61,66,67,83)/t23-,24+,25-,26+,27-,34-,35-,37+,38-,39-,40-,41-,42-,43-,44-,45-,48-,49-,50+/m1/s1. The topological polar surface area (TPSA) is 625 Å². The van der Waals surface area contributed by atoms with E-state index in [1.54, 1.807) is 0 Å². The molecule has 5 amide bonds. The number of carbonyl (C=O) groups is 5. The molecule has 27 N–H and O–H groups in total. The Labute approximate surface area is 534 Å². The Hall–Kier alpha value is -5.84. The number of anilines is 2. The lowest BCUT2D eigenvalue weighted by Gasteiger charge is -2.47. The number of thioether (sulfide) groups is 2. The molecule has 3 aromatic heterocycles. The van der Waals surface area contributed by atoms with Gasteiger partial charge in [-0.2, -0.15) is 33.5 Å². The number of imidazole rings is 1. The van der Waals surface area contributed by atoms with Gasteiger partial charge in [0.15, 0.2) is 30.0 Å². The van der Waals surface area contributed by atoms with Gasteiger partial charge in [0.1, 0.15) is 79.9 Å². The van der Waals surface area contributed by atoms with E-state index in [-0.39, 0.29) is 86.0 Å². The molecule has 6 heterocycles. The molecule has 1 saturated carbocycles. The molecule has 0 bridgehead atoms. The quantitative estimate of drug-likeness (QED) is 0.0252. The highest BCUT2D eigenvalue weighted by Gasteiger charge is 2.54. The number of aromatic nitrogens is 6. The molecule has 0 spiro atoms. The number of nitrogen functional groups attached to an aromatic ring is 2. The van der Waals surface area contributed by atoms with E-state index in [4.69, 9.17) is 80.0 Å². The molecule has 4 aliphatic rings. The van der Waals surface area contributed by atoms with E-state index in [1.807, 2.05) is 0 Å². The number of rotatable bonds is 33. The Morgan fingerprint density at radius 2 is 1.22 bits per heavy atom. The summed E-state index contributed by atoms with van der Waals surface area (Å²) in [5.74, 6) is -1.88. The molecule has 4 fully saturated rings. The molecule has 516 valence electrons. The summed E-state index contributed by atoms with van der Waals surface area (Å²) in [6.45, 7) is -3.01. The molecule has 7 rings (SSSR count). The van der Waals surface area contributed by atoms with E-state index in [2.05, 4.69) is 30.6 Å². The Morgan fingerprint density at radius 1 is 0.663 bits per heavy atom. The molecule has 40 heteroatoms. The van der Waals surface area contributed by atoms with Crippen LogP contribution in [0, 0.1) is 0 Å². The zero-order chi connectivity index (χ0) is 67.1. The first-order chi connectivity index (χ1) is 43.8. The van der Waals surface area contributed by atoms with Crippen molar-refractivity contribution >= 4 is 76.0 Å². The molecule has 0 aromatic carbocycles. The number of hydrogen-bond donors (Lipinski definition) is 18. The third kappa shape index (κ3) is 19.4. The van der Waals surface area contributed by atoms with Crippen molar-refractivity contribution in [3.05, 3.63) is 39.4 Å². The van der Waals surface area contributed by atoms with Gasteiger partial charge in [0.05, 0.1) is 49.5 Å². The van der Waals surface area contributed by atoms with E-state index in [1.165, 1.54) is 46.7 Å². The van der Waals surface area contributed by atoms with Crippen molar-refractivity contribution in [2.24, 2.45) is 40.1 Å². The molecular formula is C52H87N19O19S2. The summed E-state index contributed by atoms with van der Waals surface area (Å²) < 4.78 is 38.9. The number of nitrogens with one attached hydrogen (secondary N) is 3. The number of fused-ring (bicyclic) bond motifs is 1. The second-order valence-corrected chi connectivity index (χ2v) is 24.9. The number of H-pyrrole nitrogens is 1. The highest BCUT2D eigenvalue weighted by atomic mass is 32.2. The predicted octanol–water partition coefficient (Wildman–Crippen LogP) is -10.9. The number of aliphatic hydroxyl groups excluding tert-OH is 6. The Bertz CT molecular complexity index is 3050. The zero-order valence-electron chi connectivity index (χ0n) is 50.3. The SMILES string of the molecule is NC[C@@H]1O[C@H](O[C@H]2[C@@H](O)[C@H](O[C@@H]3[C@@H](O)[C@H](N)C[C@H](N)[C@H]3O[C@H]3O[C@H](CN)[C@@H](O)[C@H](O)[C@H]3N)O[C@@H]2CSCCCCCCSCC(=O)NCCN(CC(=O)NCCN(CC(N)=O)C(=O)Cn2cnc3c(=O)[nH]c(N)nc32)C(=O)Cn2ccc(N)nc2=O)[C@H](N)[C@@H](O)[C@@H]1O. The first kappa shape index (κ1) is 73.6. The minimum absolute atomic E-state index is 0.0202. The first-order valence-electron chi connectivity index (χ1n) is 29.8. The normalized spacial score (nSPS) is 30.7. The number of amides is 5. The van der Waals surface area contributed by atoms with E-state index in [9.17, 15) is 64.2 Å². The number of carbonyl (C=O) groups excluding carboxylic acids is 5. The van der Waals surface area contributed by atoms with Crippen molar-refractivity contribution in [1.29, 1.82) is 0 Å². The van der Waals surface area contributed by atoms with E-state index in [0.717, 1.165) is 40.1 Å². The summed E-state index contributed by atoms with van der Waals surface area (Å²) in [5, 5.41) is 71.0. The van der Waals surface area contributed by atoms with Crippen LogP contribution in [0.25, 0.3) is 11.2 Å². The first-order valence-corrected chi connectivity index (χ1v) is 32.1. The maximum atomic E-state index is 13.6. The monoisotopic (exact) mass is 1350 g/mol. The number of hydrogen-bond acceptors (Lipinski definition) is 32. The average molecular weight is 1350 g/mol. The highest BCUT2D eigenvalue weighted by molar-refractivity contribution is 8.00. The number of aromatic amines is 1. The summed E-state index contributed by atoms with van der Waals surface area (Å²) in [6, 6.07) is -3.06. The molecule has 19 atom stereocenters. The molecule has 3 aromatic rings. The minimum Gasteiger partial charge on any atom is -0.389 e. The van der Waals surface area contributed by atoms with E-state index >= 15 is 0 Å². The van der Waals surface area contributed by atoms with Gasteiger partial charge in [-0.05, 0) is 36.8 Å². The number of nitrogens with zero attached hydrogens (tertiary/aromatic N) is 7. The van der Waals surface area contributed by atoms with Gasteiger partial charge in [-0.25, -0.2) is 9.78 Å². The third-order valence-corrected chi connectivity index (χ3v) is 18.0. The lowest BCUT2D eigenvalue weighted by molar-refractivity contribution is -0.306. The van der Waals surface area contributed by atoms with Gasteiger partial charge in [0.2, 0.25) is 35.5 Å². The van der Waals surface area contributed by atoms with Crippen molar-refractivity contribution in [2.45, 2.75) is 161 Å². The summed E-state index contributed by atoms with van der Waals surface area (Å²) in [7, 11) is 0. The maximum Gasteiger partial charge on any atom is 0.349 e. The minimum atomic E-state index is -1.59. The van der Waals surface area contributed by atoms with Crippen LogP contribution < -0.4 is 73.5 Å². The van der Waals surface area contributed by atoms with Crippen LogP contribution in [0.3, 0.4) is 0 Å². The van der Waals surface area contributed by atoms with Crippen molar-refractivity contribution in [3.63, 3.8) is 0 Å². The van der Waals surface area contributed by atoms with Crippen molar-refractivity contribution in [1.82, 2.24) is 49.5 Å². The molecular weight excluding hydrogens is 1260 g/mol. The van der Waals surface area contributed by atoms with Gasteiger partial charge in [0, 0.05) is 63.3 Å². The Kier molecular flexibility index (Phi) is 27.6. The van der Waals surface area contributed by atoms with Crippen LogP contribution in [-0.2, 0) is 65.5 Å². The summed E-state index contributed by atoms with van der Waals surface area (Å²) in [6.07, 6.45) is -14.3. The van der Waals surface area contributed by atoms with Crippen LogP contribution in [-0.4, -0.2) is 291 Å². The fourth-order valence-electron chi connectivity index (χ4n) is 10.7. The Balaban J connectivity index is 0.856. The second-order valence-electron chi connectivity index (χ2n) is 22.7. The van der Waals surface area contributed by atoms with Crippen molar-refractivity contribution in [2.75, 3.05) is 86.8 Å². The fourth-order valence-corrected chi connectivity index (χ4v) is 12.6. The van der Waals surface area contributed by atoms with Crippen LogP contribution in [0.2, 0.25) is 0 Å². The molecule has 0 unspecified atom stereocenters. The largest absolute Gasteiger partial charge is 0.389 e. The smallest absolute Gasteiger partial charge is 0.349 e. The van der Waals surface area contributed by atoms with Gasteiger partial charge < -0.3 is 136 Å². The van der Waals surface area contributed by atoms with Crippen LogP contribution in [0.5, 0.6) is 0 Å². The van der Waals surface area contributed by atoms with Crippen LogP contribution in [0.1, 0.15) is 32.1 Å². The van der Waals surface area contributed by atoms with Crippen LogP contribution in [0.4, 0.5) is 11.8 Å². The Morgan fingerprint density at radius 3 is 1.82 bits per heavy atom. The van der Waals surface area contributed by atoms with Gasteiger partial charge >= 0.3 is 5.69 Å². The third-order valence-electron chi connectivity index (χ3n) is 15.8. The van der Waals surface area contributed by atoms with Gasteiger partial charge in [-0.15, -0.1) is 0 Å². The van der Waals surface area contributed by atoms with Gasteiger partial charge in [-0.3, -0.25) is 38.3 Å². The van der Waals surface area contributed by atoms with Crippen molar-refractivity contribution < 1.29 is 83.0 Å². The molecule has 92 heavy (non-hydrogen) atoms. The number of primary amides is 1. The van der Waals surface area contributed by atoms with Gasteiger partial charge in [0.25, 0.3) is 5.56 Å². The zero-order valence-corrected chi connectivity index (χ0v) is 51.9. The van der Waals surface area contributed by atoms with E-state index < -0.39 is 177 Å². The second kappa shape index (κ2) is 34.5. The molecule has 1 aliphatic carbocycles. The summed E-state index contributed by atoms with van der Waals surface area (Å²) in [5.41, 5.74) is 52.0. The lowest BCUT2D eigenvalue weighted by atomic mass is 9.84. The van der Waals surface area contributed by atoms with Crippen LogP contribution in [0.15, 0.2) is 28.2 Å². The molecule has 3 saturated heterocycles. The molecule has 38 nitrogen and oxygen atoms in total. The van der Waals surface area contributed by atoms with Gasteiger partial charge in [-0.1, -0.05) is 12.8 Å². The summed E-state index contributed by atoms with van der Waals surface area (Å²) >= 11 is 2.87. The van der Waals surface area contributed by atoms with Crippen molar-refractivity contribution in [3.8, 4) is 0 Å². The predicted molar refractivity (Wildman–Crippen MR) is 328 cm³/mol. The molecule has 0 radical (unpaired) electrons. The van der Waals surface area contributed by atoms with Crippen LogP contribution >= 0.6 is 23.5 Å². The number of unbranched alkanes of at least 4 members (excludes halogenated alkanes) is 3. The summed E-state index contributed by atoms with van der Waals surface area (Å²) in [4.78, 5) is 106. The molecule has 3 aliphatic heterocycles. The average Bonchev–Trinajstić information content (AvgIpc) is 1.44. The highest BCUT2D eigenvalue weighted by Crippen LogP contribution is 2.36. The lowest BCUT2D eigenvalue weighted by Crippen LogP contribution is -2.68. The maximum absolute atomic E-state index is 13.6. The number of ether oxygens (including phenoxy) is 6. The fraction of sp³-hybridized carbons (Fsp3) is 0.731. The number of nitrogens with two attached hydrogens (primary N) is 9. The number of aliphatic hydroxyl groups is 6.